The number of rotatable bonds is 5. The molecule has 2 aromatic heterocycles. The summed E-state index contributed by atoms with van der Waals surface area (Å²) in [5, 5.41) is 5.69. The van der Waals surface area contributed by atoms with Gasteiger partial charge in [0.1, 0.15) is 22.0 Å². The first-order valence-electron chi connectivity index (χ1n) is 13.0. The summed E-state index contributed by atoms with van der Waals surface area (Å²) in [5.74, 6) is -1.33. The highest BCUT2D eigenvalue weighted by Gasteiger charge is 2.35. The Balaban J connectivity index is 1.85. The molecule has 0 saturated heterocycles. The number of benzene rings is 1. The summed E-state index contributed by atoms with van der Waals surface area (Å²) in [4.78, 5) is 51.8. The SMILES string of the molecule is COc1c(Nc2c(-c3ccnc(N(C(=O)OC(C)(C)C)C(=O)OC(C)(C)C)n3)[nH]c3c2C(=O)NCC3)ccc(F)c1Cl. The molecule has 1 aliphatic heterocycles. The number of amides is 3. The van der Waals surface area contributed by atoms with Gasteiger partial charge in [-0.3, -0.25) is 4.79 Å². The van der Waals surface area contributed by atoms with Crippen molar-refractivity contribution in [2.75, 3.05) is 23.9 Å². The molecular weight excluding hydrogens is 571 g/mol. The number of hydrogen-bond donors (Lipinski definition) is 3. The maximum absolute atomic E-state index is 14.2. The molecule has 0 aliphatic carbocycles. The number of imide groups is 1. The monoisotopic (exact) mass is 602 g/mol. The molecule has 1 aliphatic rings. The third kappa shape index (κ3) is 6.56. The van der Waals surface area contributed by atoms with Crippen LogP contribution >= 0.6 is 11.6 Å². The van der Waals surface area contributed by atoms with Gasteiger partial charge in [-0.2, -0.15) is 0 Å². The lowest BCUT2D eigenvalue weighted by molar-refractivity contribution is 0.0427. The average molecular weight is 603 g/mol. The van der Waals surface area contributed by atoms with Gasteiger partial charge in [0.15, 0.2) is 5.75 Å². The van der Waals surface area contributed by atoms with Crippen LogP contribution in [-0.4, -0.2) is 57.9 Å². The predicted molar refractivity (Wildman–Crippen MR) is 154 cm³/mol. The second-order valence-corrected chi connectivity index (χ2v) is 11.7. The summed E-state index contributed by atoms with van der Waals surface area (Å²) in [6, 6.07) is 4.11. The molecule has 0 radical (unpaired) electrons. The summed E-state index contributed by atoms with van der Waals surface area (Å²) in [6.07, 6.45) is -0.249. The van der Waals surface area contributed by atoms with Gasteiger partial charge in [-0.1, -0.05) is 11.6 Å². The Kier molecular flexibility index (Phi) is 8.35. The number of H-pyrrole nitrogens is 1. The van der Waals surface area contributed by atoms with Crippen LogP contribution < -0.4 is 20.3 Å². The molecule has 0 spiro atoms. The molecule has 0 unspecified atom stereocenters. The second-order valence-electron chi connectivity index (χ2n) is 11.3. The van der Waals surface area contributed by atoms with E-state index < -0.39 is 29.2 Å². The van der Waals surface area contributed by atoms with Crippen LogP contribution in [0.15, 0.2) is 24.4 Å². The average Bonchev–Trinajstić information content (AvgIpc) is 3.24. The van der Waals surface area contributed by atoms with E-state index in [-0.39, 0.29) is 39.7 Å². The minimum Gasteiger partial charge on any atom is -0.493 e. The number of aromatic amines is 1. The molecule has 0 saturated carbocycles. The highest BCUT2D eigenvalue weighted by Crippen LogP contribution is 2.41. The Labute approximate surface area is 246 Å². The fraction of sp³-hybridized carbons (Fsp3) is 0.393. The molecule has 4 rings (SSSR count). The molecular formula is C28H32ClFN6O6. The molecule has 224 valence electrons. The third-order valence-corrected chi connectivity index (χ3v) is 6.08. The number of ether oxygens (including phenoxy) is 3. The van der Waals surface area contributed by atoms with Gasteiger partial charge in [-0.25, -0.2) is 23.9 Å². The summed E-state index contributed by atoms with van der Waals surface area (Å²) in [5.41, 5.74) is 0.152. The molecule has 12 nitrogen and oxygen atoms in total. The van der Waals surface area contributed by atoms with Crippen LogP contribution in [0.25, 0.3) is 11.4 Å². The maximum Gasteiger partial charge on any atom is 0.427 e. The van der Waals surface area contributed by atoms with E-state index >= 15 is 0 Å². The smallest absolute Gasteiger partial charge is 0.427 e. The number of methoxy groups -OCH3 is 1. The van der Waals surface area contributed by atoms with Crippen molar-refractivity contribution in [1.29, 1.82) is 0 Å². The quantitative estimate of drug-likeness (QED) is 0.321. The molecule has 3 heterocycles. The van der Waals surface area contributed by atoms with Crippen LogP contribution in [0.4, 0.5) is 31.3 Å². The number of aromatic nitrogens is 3. The Morgan fingerprint density at radius 1 is 1.07 bits per heavy atom. The number of carbonyl (C=O) groups is 3. The minimum atomic E-state index is -1.04. The molecule has 0 fully saturated rings. The number of anilines is 3. The van der Waals surface area contributed by atoms with Crippen molar-refractivity contribution in [3.63, 3.8) is 0 Å². The van der Waals surface area contributed by atoms with Gasteiger partial charge in [-0.15, -0.1) is 4.90 Å². The van der Waals surface area contributed by atoms with Crippen LogP contribution in [0, 0.1) is 5.82 Å². The molecule has 1 aromatic carbocycles. The van der Waals surface area contributed by atoms with Crippen LogP contribution in [-0.2, 0) is 15.9 Å². The van der Waals surface area contributed by atoms with E-state index in [1.165, 1.54) is 25.4 Å². The number of carbonyl (C=O) groups excluding carboxylic acids is 3. The Bertz CT molecular complexity index is 1520. The van der Waals surface area contributed by atoms with E-state index in [0.717, 1.165) is 6.07 Å². The predicted octanol–water partition coefficient (Wildman–Crippen LogP) is 5.98. The van der Waals surface area contributed by atoms with Crippen molar-refractivity contribution in [3.8, 4) is 17.1 Å². The molecule has 3 N–H and O–H groups in total. The third-order valence-electron chi connectivity index (χ3n) is 5.73. The topological polar surface area (TPSA) is 148 Å². The summed E-state index contributed by atoms with van der Waals surface area (Å²) in [7, 11) is 1.34. The summed E-state index contributed by atoms with van der Waals surface area (Å²) in [6.45, 7) is 10.3. The van der Waals surface area contributed by atoms with Gasteiger partial charge >= 0.3 is 12.2 Å². The van der Waals surface area contributed by atoms with Crippen molar-refractivity contribution in [3.05, 3.63) is 46.5 Å². The van der Waals surface area contributed by atoms with E-state index in [4.69, 9.17) is 25.8 Å². The van der Waals surface area contributed by atoms with Crippen molar-refractivity contribution in [2.45, 2.75) is 59.2 Å². The lowest BCUT2D eigenvalue weighted by Crippen LogP contribution is -2.44. The fourth-order valence-corrected chi connectivity index (χ4v) is 4.35. The summed E-state index contributed by atoms with van der Waals surface area (Å²) >= 11 is 6.13. The van der Waals surface area contributed by atoms with Crippen LogP contribution in [0.1, 0.15) is 57.6 Å². The van der Waals surface area contributed by atoms with E-state index in [2.05, 4.69) is 25.6 Å². The molecule has 3 aromatic rings. The maximum atomic E-state index is 14.2. The second kappa shape index (κ2) is 11.5. The van der Waals surface area contributed by atoms with Crippen LogP contribution in [0.5, 0.6) is 5.75 Å². The first-order chi connectivity index (χ1) is 19.6. The minimum absolute atomic E-state index is 0.0261. The van der Waals surface area contributed by atoms with Crippen molar-refractivity contribution in [1.82, 2.24) is 20.3 Å². The summed E-state index contributed by atoms with van der Waals surface area (Å²) < 4.78 is 30.4. The number of nitrogens with zero attached hydrogens (tertiary/aromatic N) is 3. The number of hydrogen-bond acceptors (Lipinski definition) is 9. The zero-order valence-electron chi connectivity index (χ0n) is 24.3. The van der Waals surface area contributed by atoms with Gasteiger partial charge in [-0.05, 0) is 59.7 Å². The Morgan fingerprint density at radius 2 is 1.71 bits per heavy atom. The van der Waals surface area contributed by atoms with Crippen molar-refractivity contribution >= 4 is 47.0 Å². The zero-order chi connectivity index (χ0) is 31.0. The van der Waals surface area contributed by atoms with Gasteiger partial charge in [0, 0.05) is 24.9 Å². The molecule has 14 heteroatoms. The first-order valence-corrected chi connectivity index (χ1v) is 13.4. The van der Waals surface area contributed by atoms with Gasteiger partial charge in [0.25, 0.3) is 5.91 Å². The molecule has 3 amide bonds. The Hall–Kier alpha value is -4.39. The first kappa shape index (κ1) is 30.6. The molecule has 42 heavy (non-hydrogen) atoms. The largest absolute Gasteiger partial charge is 0.493 e. The highest BCUT2D eigenvalue weighted by atomic mass is 35.5. The van der Waals surface area contributed by atoms with Crippen molar-refractivity contribution < 1.29 is 33.0 Å². The number of nitrogens with one attached hydrogen (secondary N) is 3. The van der Waals surface area contributed by atoms with E-state index in [0.29, 0.717) is 34.8 Å². The zero-order valence-corrected chi connectivity index (χ0v) is 25.0. The number of fused-ring (bicyclic) bond motifs is 1. The van der Waals surface area contributed by atoms with E-state index in [1.807, 2.05) is 0 Å². The van der Waals surface area contributed by atoms with E-state index in [1.54, 1.807) is 41.5 Å². The van der Waals surface area contributed by atoms with Gasteiger partial charge < -0.3 is 29.8 Å². The van der Waals surface area contributed by atoms with Crippen LogP contribution in [0.3, 0.4) is 0 Å². The van der Waals surface area contributed by atoms with E-state index in [9.17, 15) is 18.8 Å². The molecule has 0 bridgehead atoms. The lowest BCUT2D eigenvalue weighted by Gasteiger charge is -2.27. The van der Waals surface area contributed by atoms with Crippen LogP contribution in [0.2, 0.25) is 5.02 Å². The normalized spacial score (nSPS) is 13.1. The highest BCUT2D eigenvalue weighted by molar-refractivity contribution is 6.32. The number of halogens is 2. The van der Waals surface area contributed by atoms with Gasteiger partial charge in [0.05, 0.1) is 35.4 Å². The molecule has 0 atom stereocenters. The Morgan fingerprint density at radius 3 is 2.31 bits per heavy atom. The lowest BCUT2D eigenvalue weighted by atomic mass is 10.1. The van der Waals surface area contributed by atoms with Gasteiger partial charge in [0.2, 0.25) is 5.95 Å². The fourth-order valence-electron chi connectivity index (χ4n) is 4.11. The van der Waals surface area contributed by atoms with Crippen molar-refractivity contribution in [2.24, 2.45) is 0 Å². The standard InChI is InChI=1S/C28H32ClFN6O6/c1-27(2,3)41-25(38)36(26(39)42-28(4,5)6)24-32-13-11-16(35-24)20-21(18-15(33-20)10-12-31-23(18)37)34-17-9-8-14(30)19(29)22(17)40-7/h8-9,11,13,33-34H,10,12H2,1-7H3,(H,31,37).